The van der Waals surface area contributed by atoms with Gasteiger partial charge >= 0.3 is 0 Å². The summed E-state index contributed by atoms with van der Waals surface area (Å²) < 4.78 is 27.0. The monoisotopic (exact) mass is 198 g/mol. The van der Waals surface area contributed by atoms with Crippen molar-refractivity contribution in [1.82, 2.24) is 5.32 Å². The van der Waals surface area contributed by atoms with Gasteiger partial charge in [-0.15, -0.1) is 0 Å². The van der Waals surface area contributed by atoms with Crippen LogP contribution in [0.5, 0.6) is 0 Å². The minimum atomic E-state index is -0.550. The molecule has 1 aliphatic heterocycles. The van der Waals surface area contributed by atoms with E-state index in [-0.39, 0.29) is 11.3 Å². The Labute approximate surface area is 81.1 Å². The molecule has 3 N–H and O–H groups in total. The number of hydrogen-bond donors (Lipinski definition) is 2. The van der Waals surface area contributed by atoms with Crippen LogP contribution in [0, 0.1) is 11.6 Å². The molecule has 1 aromatic rings. The van der Waals surface area contributed by atoms with Crippen LogP contribution in [0.15, 0.2) is 12.1 Å². The van der Waals surface area contributed by atoms with Crippen molar-refractivity contribution >= 4 is 5.69 Å². The molecule has 76 valence electrons. The Hall–Kier alpha value is -1.16. The molecule has 1 heterocycles. The second kappa shape index (κ2) is 2.92. The number of rotatable bonds is 1. The third-order valence-electron chi connectivity index (χ3n) is 2.70. The fourth-order valence-electron chi connectivity index (χ4n) is 1.85. The second-order valence-corrected chi connectivity index (χ2v) is 4.02. The summed E-state index contributed by atoms with van der Waals surface area (Å²) in [7, 11) is 0. The van der Waals surface area contributed by atoms with Crippen LogP contribution >= 0.6 is 0 Å². The molecule has 0 aliphatic carbocycles. The molecule has 1 aliphatic rings. The molecule has 0 saturated carbocycles. The zero-order valence-electron chi connectivity index (χ0n) is 7.90. The molecule has 0 amide bonds. The van der Waals surface area contributed by atoms with Gasteiger partial charge in [-0.25, -0.2) is 8.78 Å². The first-order valence-electron chi connectivity index (χ1n) is 4.49. The van der Waals surface area contributed by atoms with Crippen molar-refractivity contribution in [2.75, 3.05) is 18.8 Å². The van der Waals surface area contributed by atoms with Gasteiger partial charge in [-0.05, 0) is 12.1 Å². The number of nitrogens with two attached hydrogens (primary N) is 1. The Balaban J connectivity index is 2.52. The molecule has 2 rings (SSSR count). The smallest absolute Gasteiger partial charge is 0.132 e. The number of hydrogen-bond acceptors (Lipinski definition) is 2. The van der Waals surface area contributed by atoms with Gasteiger partial charge in [-0.3, -0.25) is 0 Å². The molecule has 0 spiro atoms. The molecule has 2 nitrogen and oxygen atoms in total. The summed E-state index contributed by atoms with van der Waals surface area (Å²) in [6.45, 7) is 3.04. The van der Waals surface area contributed by atoms with Crippen LogP contribution in [-0.2, 0) is 5.41 Å². The molecule has 0 atom stereocenters. The van der Waals surface area contributed by atoms with E-state index >= 15 is 0 Å². The van der Waals surface area contributed by atoms with Gasteiger partial charge in [0, 0.05) is 29.8 Å². The zero-order valence-corrected chi connectivity index (χ0v) is 7.90. The predicted octanol–water partition coefficient (Wildman–Crippen LogP) is 1.41. The lowest BCUT2D eigenvalue weighted by Crippen LogP contribution is -2.55. The SMILES string of the molecule is CC1(c2c(F)cc(N)cc2F)CNC1. The predicted molar refractivity (Wildman–Crippen MR) is 51.0 cm³/mol. The van der Waals surface area contributed by atoms with Crippen LogP contribution < -0.4 is 11.1 Å². The van der Waals surface area contributed by atoms with E-state index in [0.717, 1.165) is 0 Å². The first kappa shape index (κ1) is 9.40. The van der Waals surface area contributed by atoms with E-state index in [1.165, 1.54) is 12.1 Å². The summed E-state index contributed by atoms with van der Waals surface area (Å²) in [5, 5.41) is 3.00. The van der Waals surface area contributed by atoms with Crippen LogP contribution in [0.25, 0.3) is 0 Å². The Morgan fingerprint density at radius 2 is 1.79 bits per heavy atom. The summed E-state index contributed by atoms with van der Waals surface area (Å²) in [4.78, 5) is 0. The molecule has 1 saturated heterocycles. The summed E-state index contributed by atoms with van der Waals surface area (Å²) >= 11 is 0. The average Bonchev–Trinajstić information content (AvgIpc) is 1.99. The highest BCUT2D eigenvalue weighted by molar-refractivity contribution is 5.44. The molecule has 14 heavy (non-hydrogen) atoms. The second-order valence-electron chi connectivity index (χ2n) is 4.02. The Bertz CT molecular complexity index is 349. The van der Waals surface area contributed by atoms with Gasteiger partial charge in [0.1, 0.15) is 11.6 Å². The maximum Gasteiger partial charge on any atom is 0.132 e. The number of nitrogens with one attached hydrogen (secondary N) is 1. The lowest BCUT2D eigenvalue weighted by Gasteiger charge is -2.40. The zero-order chi connectivity index (χ0) is 10.3. The van der Waals surface area contributed by atoms with E-state index < -0.39 is 17.0 Å². The van der Waals surface area contributed by atoms with Crippen molar-refractivity contribution < 1.29 is 8.78 Å². The van der Waals surface area contributed by atoms with Crippen LogP contribution in [0.2, 0.25) is 0 Å². The topological polar surface area (TPSA) is 38.0 Å². The molecule has 0 bridgehead atoms. The molecule has 0 unspecified atom stereocenters. The first-order chi connectivity index (χ1) is 6.53. The number of anilines is 1. The maximum absolute atomic E-state index is 13.5. The van der Waals surface area contributed by atoms with Gasteiger partial charge in [-0.2, -0.15) is 0 Å². The Kier molecular flexibility index (Phi) is 1.96. The van der Waals surface area contributed by atoms with Gasteiger partial charge in [0.25, 0.3) is 0 Å². The molecular formula is C10H12F2N2. The fraction of sp³-hybridized carbons (Fsp3) is 0.400. The van der Waals surface area contributed by atoms with Crippen molar-refractivity contribution in [3.8, 4) is 0 Å². The van der Waals surface area contributed by atoms with Crippen molar-refractivity contribution in [1.29, 1.82) is 0 Å². The highest BCUT2D eigenvalue weighted by Crippen LogP contribution is 2.33. The fourth-order valence-corrected chi connectivity index (χ4v) is 1.85. The minimum absolute atomic E-state index is 0.125. The molecule has 0 radical (unpaired) electrons. The lowest BCUT2D eigenvalue weighted by molar-refractivity contribution is 0.284. The van der Waals surface area contributed by atoms with Crippen LogP contribution in [0.4, 0.5) is 14.5 Å². The van der Waals surface area contributed by atoms with Crippen molar-refractivity contribution in [3.63, 3.8) is 0 Å². The quantitative estimate of drug-likeness (QED) is 0.669. The highest BCUT2D eigenvalue weighted by Gasteiger charge is 2.38. The Morgan fingerprint density at radius 1 is 1.29 bits per heavy atom. The maximum atomic E-state index is 13.5. The Morgan fingerprint density at radius 3 is 2.14 bits per heavy atom. The van der Waals surface area contributed by atoms with E-state index in [0.29, 0.717) is 13.1 Å². The third kappa shape index (κ3) is 1.26. The lowest BCUT2D eigenvalue weighted by atomic mass is 9.76. The van der Waals surface area contributed by atoms with Gasteiger partial charge in [0.15, 0.2) is 0 Å². The van der Waals surface area contributed by atoms with Gasteiger partial charge in [0.05, 0.1) is 0 Å². The van der Waals surface area contributed by atoms with E-state index in [1.807, 2.05) is 6.92 Å². The number of halogens is 2. The molecular weight excluding hydrogens is 186 g/mol. The van der Waals surface area contributed by atoms with Crippen molar-refractivity contribution in [2.45, 2.75) is 12.3 Å². The molecule has 1 aromatic carbocycles. The van der Waals surface area contributed by atoms with Crippen molar-refractivity contribution in [2.24, 2.45) is 0 Å². The van der Waals surface area contributed by atoms with E-state index in [2.05, 4.69) is 5.32 Å². The standard InChI is InChI=1S/C10H12F2N2/c1-10(4-14-5-10)9-7(11)2-6(13)3-8(9)12/h2-3,14H,4-5,13H2,1H3. The van der Waals surface area contributed by atoms with Gasteiger partial charge in [-0.1, -0.05) is 6.92 Å². The molecule has 0 aromatic heterocycles. The van der Waals surface area contributed by atoms with Gasteiger partial charge in [0.2, 0.25) is 0 Å². The van der Waals surface area contributed by atoms with Crippen molar-refractivity contribution in [3.05, 3.63) is 29.3 Å². The van der Waals surface area contributed by atoms with Crippen LogP contribution in [-0.4, -0.2) is 13.1 Å². The average molecular weight is 198 g/mol. The normalized spacial score (nSPS) is 19.1. The van der Waals surface area contributed by atoms with Gasteiger partial charge < -0.3 is 11.1 Å². The largest absolute Gasteiger partial charge is 0.399 e. The van der Waals surface area contributed by atoms with Crippen LogP contribution in [0.3, 0.4) is 0 Å². The van der Waals surface area contributed by atoms with E-state index in [9.17, 15) is 8.78 Å². The summed E-state index contributed by atoms with van der Waals surface area (Å²) in [6, 6.07) is 2.34. The minimum Gasteiger partial charge on any atom is -0.399 e. The molecule has 1 fully saturated rings. The highest BCUT2D eigenvalue weighted by atomic mass is 19.1. The summed E-state index contributed by atoms with van der Waals surface area (Å²) in [6.07, 6.45) is 0. The van der Waals surface area contributed by atoms with E-state index in [1.54, 1.807) is 0 Å². The van der Waals surface area contributed by atoms with E-state index in [4.69, 9.17) is 5.73 Å². The summed E-state index contributed by atoms with van der Waals surface area (Å²) in [5.41, 5.74) is 5.18. The third-order valence-corrected chi connectivity index (χ3v) is 2.70. The summed E-state index contributed by atoms with van der Waals surface area (Å²) in [5.74, 6) is -1.10. The van der Waals surface area contributed by atoms with Crippen LogP contribution in [0.1, 0.15) is 12.5 Å². The first-order valence-corrected chi connectivity index (χ1v) is 4.49. The number of nitrogen functional groups attached to an aromatic ring is 1. The number of benzene rings is 1. The molecule has 4 heteroatoms.